The van der Waals surface area contributed by atoms with Crippen molar-refractivity contribution in [2.24, 2.45) is 0 Å². The average molecular weight is 242 g/mol. The first-order valence-corrected chi connectivity index (χ1v) is 6.65. The van der Waals surface area contributed by atoms with Gasteiger partial charge < -0.3 is 4.90 Å². The van der Waals surface area contributed by atoms with Gasteiger partial charge in [0.05, 0.1) is 5.69 Å². The number of anilines is 1. The van der Waals surface area contributed by atoms with Crippen LogP contribution < -0.4 is 4.90 Å². The molecule has 0 N–H and O–H groups in total. The Kier molecular flexibility index (Phi) is 2.92. The standard InChI is InChI=1S/C14H18N4/c1-11-9-17-7-3-4-12(17)10-18(11)14-5-2-6-16-13(14)8-15/h2,5-6,11-12H,3-4,7,9-10H2,1H3. The second-order valence-electron chi connectivity index (χ2n) is 5.28. The zero-order chi connectivity index (χ0) is 12.5. The van der Waals surface area contributed by atoms with Gasteiger partial charge in [0.15, 0.2) is 5.69 Å². The van der Waals surface area contributed by atoms with Crippen molar-refractivity contribution in [1.29, 1.82) is 5.26 Å². The Morgan fingerprint density at radius 2 is 2.33 bits per heavy atom. The molecular formula is C14H18N4. The quantitative estimate of drug-likeness (QED) is 0.750. The number of hydrogen-bond donors (Lipinski definition) is 0. The first kappa shape index (κ1) is 11.5. The van der Waals surface area contributed by atoms with Gasteiger partial charge in [-0.2, -0.15) is 5.26 Å². The lowest BCUT2D eigenvalue weighted by atomic mass is 10.1. The van der Waals surface area contributed by atoms with E-state index in [-0.39, 0.29) is 0 Å². The minimum atomic E-state index is 0.454. The van der Waals surface area contributed by atoms with Crippen LogP contribution in [-0.4, -0.2) is 41.6 Å². The van der Waals surface area contributed by atoms with Gasteiger partial charge >= 0.3 is 0 Å². The summed E-state index contributed by atoms with van der Waals surface area (Å²) in [5, 5.41) is 9.17. The maximum absolute atomic E-state index is 9.17. The molecule has 2 saturated heterocycles. The lowest BCUT2D eigenvalue weighted by Crippen LogP contribution is -2.55. The van der Waals surface area contributed by atoms with Crippen molar-refractivity contribution in [2.75, 3.05) is 24.5 Å². The highest BCUT2D eigenvalue weighted by atomic mass is 15.3. The molecule has 0 bridgehead atoms. The fraction of sp³-hybridized carbons (Fsp3) is 0.571. The molecule has 1 aromatic heterocycles. The van der Waals surface area contributed by atoms with Crippen molar-refractivity contribution < 1.29 is 0 Å². The summed E-state index contributed by atoms with van der Waals surface area (Å²) >= 11 is 0. The summed E-state index contributed by atoms with van der Waals surface area (Å²) < 4.78 is 0. The van der Waals surface area contributed by atoms with Crippen LogP contribution >= 0.6 is 0 Å². The molecule has 0 amide bonds. The van der Waals surface area contributed by atoms with Crippen molar-refractivity contribution >= 4 is 5.69 Å². The van der Waals surface area contributed by atoms with Gasteiger partial charge in [-0.05, 0) is 38.4 Å². The molecular weight excluding hydrogens is 224 g/mol. The lowest BCUT2D eigenvalue weighted by molar-refractivity contribution is 0.203. The monoisotopic (exact) mass is 242 g/mol. The van der Waals surface area contributed by atoms with Crippen molar-refractivity contribution in [1.82, 2.24) is 9.88 Å². The Hall–Kier alpha value is -1.60. The number of rotatable bonds is 1. The Balaban J connectivity index is 1.89. The van der Waals surface area contributed by atoms with Gasteiger partial charge in [-0.3, -0.25) is 4.90 Å². The first-order valence-electron chi connectivity index (χ1n) is 6.65. The summed E-state index contributed by atoms with van der Waals surface area (Å²) in [4.78, 5) is 9.12. The number of fused-ring (bicyclic) bond motifs is 1. The first-order chi connectivity index (χ1) is 8.79. The summed E-state index contributed by atoms with van der Waals surface area (Å²) in [6.45, 7) is 5.61. The van der Waals surface area contributed by atoms with Crippen molar-refractivity contribution in [3.63, 3.8) is 0 Å². The smallest absolute Gasteiger partial charge is 0.163 e. The van der Waals surface area contributed by atoms with E-state index in [2.05, 4.69) is 27.8 Å². The Bertz CT molecular complexity index is 479. The molecule has 2 aliphatic heterocycles. The van der Waals surface area contributed by atoms with Gasteiger partial charge in [-0.15, -0.1) is 0 Å². The van der Waals surface area contributed by atoms with Crippen LogP contribution in [0.4, 0.5) is 5.69 Å². The molecule has 3 rings (SSSR count). The molecule has 2 aliphatic rings. The summed E-state index contributed by atoms with van der Waals surface area (Å²) in [5.41, 5.74) is 1.55. The molecule has 4 heteroatoms. The van der Waals surface area contributed by atoms with Gasteiger partial charge in [0.1, 0.15) is 6.07 Å². The zero-order valence-corrected chi connectivity index (χ0v) is 10.7. The number of hydrogen-bond acceptors (Lipinski definition) is 4. The molecule has 0 aliphatic carbocycles. The van der Waals surface area contributed by atoms with E-state index in [1.807, 2.05) is 12.1 Å². The normalized spacial score (nSPS) is 27.9. The molecule has 2 unspecified atom stereocenters. The molecule has 4 nitrogen and oxygen atoms in total. The second-order valence-corrected chi connectivity index (χ2v) is 5.28. The number of nitriles is 1. The van der Waals surface area contributed by atoms with Gasteiger partial charge in [0.25, 0.3) is 0 Å². The van der Waals surface area contributed by atoms with Crippen LogP contribution in [0.3, 0.4) is 0 Å². The number of aromatic nitrogens is 1. The molecule has 0 saturated carbocycles. The molecule has 2 fully saturated rings. The van der Waals surface area contributed by atoms with Gasteiger partial charge in [-0.25, -0.2) is 4.98 Å². The summed E-state index contributed by atoms with van der Waals surface area (Å²) in [6.07, 6.45) is 4.29. The highest BCUT2D eigenvalue weighted by molar-refractivity contribution is 5.57. The fourth-order valence-electron chi connectivity index (χ4n) is 3.24. The fourth-order valence-corrected chi connectivity index (χ4v) is 3.24. The van der Waals surface area contributed by atoms with E-state index in [9.17, 15) is 5.26 Å². The summed E-state index contributed by atoms with van der Waals surface area (Å²) in [5.74, 6) is 0. The van der Waals surface area contributed by atoms with E-state index in [1.165, 1.54) is 19.4 Å². The van der Waals surface area contributed by atoms with Crippen LogP contribution in [0.5, 0.6) is 0 Å². The predicted octanol–water partition coefficient (Wildman–Crippen LogP) is 1.63. The molecule has 3 heterocycles. The van der Waals surface area contributed by atoms with Crippen molar-refractivity contribution in [2.45, 2.75) is 31.8 Å². The Morgan fingerprint density at radius 1 is 1.44 bits per heavy atom. The minimum Gasteiger partial charge on any atom is -0.364 e. The summed E-state index contributed by atoms with van der Waals surface area (Å²) in [6, 6.07) is 7.26. The van der Waals surface area contributed by atoms with E-state index in [0.29, 0.717) is 17.8 Å². The van der Waals surface area contributed by atoms with Crippen LogP contribution in [0.25, 0.3) is 0 Å². The second kappa shape index (κ2) is 4.58. The van der Waals surface area contributed by atoms with E-state index in [0.717, 1.165) is 18.8 Å². The van der Waals surface area contributed by atoms with Crippen LogP contribution in [-0.2, 0) is 0 Å². The zero-order valence-electron chi connectivity index (χ0n) is 10.7. The maximum atomic E-state index is 9.17. The molecule has 0 aromatic carbocycles. The third kappa shape index (κ3) is 1.85. The van der Waals surface area contributed by atoms with E-state index < -0.39 is 0 Å². The van der Waals surface area contributed by atoms with Crippen LogP contribution in [0.15, 0.2) is 18.3 Å². The van der Waals surface area contributed by atoms with Crippen LogP contribution in [0.2, 0.25) is 0 Å². The third-order valence-corrected chi connectivity index (χ3v) is 4.14. The molecule has 0 spiro atoms. The van der Waals surface area contributed by atoms with Crippen molar-refractivity contribution in [3.8, 4) is 6.07 Å². The number of piperazine rings is 1. The molecule has 94 valence electrons. The van der Waals surface area contributed by atoms with Gasteiger partial charge in [0.2, 0.25) is 0 Å². The van der Waals surface area contributed by atoms with Gasteiger partial charge in [-0.1, -0.05) is 0 Å². The molecule has 2 atom stereocenters. The Labute approximate surface area is 108 Å². The van der Waals surface area contributed by atoms with Crippen LogP contribution in [0.1, 0.15) is 25.5 Å². The summed E-state index contributed by atoms with van der Waals surface area (Å²) in [7, 11) is 0. The van der Waals surface area contributed by atoms with Crippen LogP contribution in [0, 0.1) is 11.3 Å². The molecule has 0 radical (unpaired) electrons. The SMILES string of the molecule is CC1CN2CCCC2CN1c1cccnc1C#N. The number of pyridine rings is 1. The van der Waals surface area contributed by atoms with E-state index >= 15 is 0 Å². The third-order valence-electron chi connectivity index (χ3n) is 4.14. The highest BCUT2D eigenvalue weighted by Crippen LogP contribution is 2.29. The number of nitrogens with zero attached hydrogens (tertiary/aromatic N) is 4. The van der Waals surface area contributed by atoms with E-state index in [1.54, 1.807) is 6.20 Å². The average Bonchev–Trinajstić information content (AvgIpc) is 2.84. The molecule has 1 aromatic rings. The predicted molar refractivity (Wildman–Crippen MR) is 70.4 cm³/mol. The maximum Gasteiger partial charge on any atom is 0.163 e. The Morgan fingerprint density at radius 3 is 3.17 bits per heavy atom. The van der Waals surface area contributed by atoms with E-state index in [4.69, 9.17) is 0 Å². The minimum absolute atomic E-state index is 0.454. The highest BCUT2D eigenvalue weighted by Gasteiger charge is 2.35. The lowest BCUT2D eigenvalue weighted by Gasteiger charge is -2.43. The van der Waals surface area contributed by atoms with Crippen molar-refractivity contribution in [3.05, 3.63) is 24.0 Å². The van der Waals surface area contributed by atoms with Gasteiger partial charge in [0, 0.05) is 31.4 Å². The molecule has 18 heavy (non-hydrogen) atoms. The largest absolute Gasteiger partial charge is 0.364 e. The topological polar surface area (TPSA) is 43.2 Å².